The van der Waals surface area contributed by atoms with Crippen LogP contribution in [0.3, 0.4) is 0 Å². The Morgan fingerprint density at radius 3 is 2.67 bits per heavy atom. The maximum atomic E-state index is 5.36. The Morgan fingerprint density at radius 1 is 1.07 bits per heavy atom. The van der Waals surface area contributed by atoms with Gasteiger partial charge in [0.1, 0.15) is 0 Å². The van der Waals surface area contributed by atoms with Gasteiger partial charge in [-0.15, -0.1) is 0 Å². The predicted molar refractivity (Wildman–Crippen MR) is 62.1 cm³/mol. The molecule has 0 aromatic heterocycles. The summed E-state index contributed by atoms with van der Waals surface area (Å²) in [4.78, 5) is 0. The molecule has 2 saturated heterocycles. The molecule has 1 unspecified atom stereocenters. The van der Waals surface area contributed by atoms with Gasteiger partial charge in [0.2, 0.25) is 0 Å². The van der Waals surface area contributed by atoms with E-state index >= 15 is 0 Å². The zero-order valence-electron chi connectivity index (χ0n) is 9.63. The lowest BCUT2D eigenvalue weighted by atomic mass is 10.00. The standard InChI is InChI=1S/C12H24N2O/c1-2-6-14-12(3-1)10-13-9-11-4-7-15-8-5-11/h11-14H,1-10H2. The van der Waals surface area contributed by atoms with Crippen molar-refractivity contribution in [2.24, 2.45) is 5.92 Å². The summed E-state index contributed by atoms with van der Waals surface area (Å²) < 4.78 is 5.36. The van der Waals surface area contributed by atoms with Gasteiger partial charge in [0.25, 0.3) is 0 Å². The average molecular weight is 212 g/mol. The molecular formula is C12H24N2O. The Hall–Kier alpha value is -0.120. The lowest BCUT2D eigenvalue weighted by molar-refractivity contribution is 0.0661. The largest absolute Gasteiger partial charge is 0.381 e. The molecule has 0 aliphatic carbocycles. The molecule has 2 fully saturated rings. The summed E-state index contributed by atoms with van der Waals surface area (Å²) in [7, 11) is 0. The number of hydrogen-bond acceptors (Lipinski definition) is 3. The van der Waals surface area contributed by atoms with E-state index in [-0.39, 0.29) is 0 Å². The minimum absolute atomic E-state index is 0.721. The quantitative estimate of drug-likeness (QED) is 0.733. The maximum absolute atomic E-state index is 5.36. The van der Waals surface area contributed by atoms with E-state index in [1.165, 1.54) is 45.2 Å². The summed E-state index contributed by atoms with van der Waals surface area (Å²) in [5.74, 6) is 0.849. The van der Waals surface area contributed by atoms with Gasteiger partial charge in [-0.3, -0.25) is 0 Å². The molecule has 88 valence electrons. The molecule has 0 saturated carbocycles. The van der Waals surface area contributed by atoms with Crippen molar-refractivity contribution in [2.45, 2.75) is 38.1 Å². The van der Waals surface area contributed by atoms with Crippen molar-refractivity contribution in [2.75, 3.05) is 32.8 Å². The van der Waals surface area contributed by atoms with Crippen molar-refractivity contribution in [3.05, 3.63) is 0 Å². The normalized spacial score (nSPS) is 29.2. The molecule has 0 amide bonds. The van der Waals surface area contributed by atoms with Crippen LogP contribution in [0.5, 0.6) is 0 Å². The highest BCUT2D eigenvalue weighted by Gasteiger charge is 2.15. The van der Waals surface area contributed by atoms with Crippen LogP contribution >= 0.6 is 0 Å². The molecule has 2 heterocycles. The second-order valence-electron chi connectivity index (χ2n) is 4.86. The van der Waals surface area contributed by atoms with Crippen LogP contribution in [0.2, 0.25) is 0 Å². The molecule has 2 rings (SSSR count). The van der Waals surface area contributed by atoms with Crippen LogP contribution in [-0.4, -0.2) is 38.9 Å². The van der Waals surface area contributed by atoms with E-state index in [0.717, 1.165) is 31.7 Å². The summed E-state index contributed by atoms with van der Waals surface area (Å²) in [6, 6.07) is 0.721. The second-order valence-corrected chi connectivity index (χ2v) is 4.86. The third kappa shape index (κ3) is 4.09. The number of rotatable bonds is 4. The number of ether oxygens (including phenoxy) is 1. The number of hydrogen-bond donors (Lipinski definition) is 2. The van der Waals surface area contributed by atoms with Crippen molar-refractivity contribution >= 4 is 0 Å². The molecule has 0 bridgehead atoms. The summed E-state index contributed by atoms with van der Waals surface area (Å²) in [6.07, 6.45) is 6.59. The second kappa shape index (κ2) is 6.46. The molecule has 2 aliphatic heterocycles. The number of nitrogens with one attached hydrogen (secondary N) is 2. The van der Waals surface area contributed by atoms with Crippen LogP contribution in [0, 0.1) is 5.92 Å². The van der Waals surface area contributed by atoms with Gasteiger partial charge in [0.05, 0.1) is 0 Å². The molecule has 0 aromatic rings. The van der Waals surface area contributed by atoms with Gasteiger partial charge in [0.15, 0.2) is 0 Å². The molecule has 1 atom stereocenters. The van der Waals surface area contributed by atoms with Gasteiger partial charge < -0.3 is 15.4 Å². The van der Waals surface area contributed by atoms with Crippen molar-refractivity contribution < 1.29 is 4.74 Å². The van der Waals surface area contributed by atoms with Crippen molar-refractivity contribution in [1.82, 2.24) is 10.6 Å². The highest BCUT2D eigenvalue weighted by molar-refractivity contribution is 4.75. The summed E-state index contributed by atoms with van der Waals surface area (Å²) in [5, 5.41) is 7.18. The zero-order chi connectivity index (χ0) is 10.3. The van der Waals surface area contributed by atoms with Crippen molar-refractivity contribution in [1.29, 1.82) is 0 Å². The summed E-state index contributed by atoms with van der Waals surface area (Å²) >= 11 is 0. The first kappa shape index (κ1) is 11.4. The van der Waals surface area contributed by atoms with Gasteiger partial charge in [-0.25, -0.2) is 0 Å². The first-order valence-corrected chi connectivity index (χ1v) is 6.47. The van der Waals surface area contributed by atoms with Gasteiger partial charge in [-0.2, -0.15) is 0 Å². The average Bonchev–Trinajstić information content (AvgIpc) is 2.32. The molecule has 3 heteroatoms. The number of piperidine rings is 1. The first-order valence-electron chi connectivity index (χ1n) is 6.47. The van der Waals surface area contributed by atoms with Crippen LogP contribution in [0.15, 0.2) is 0 Å². The molecule has 0 spiro atoms. The van der Waals surface area contributed by atoms with Gasteiger partial charge in [-0.1, -0.05) is 6.42 Å². The van der Waals surface area contributed by atoms with Crippen LogP contribution < -0.4 is 10.6 Å². The van der Waals surface area contributed by atoms with Crippen LogP contribution in [-0.2, 0) is 4.74 Å². The zero-order valence-corrected chi connectivity index (χ0v) is 9.63. The molecule has 3 nitrogen and oxygen atoms in total. The Bertz CT molecular complexity index is 145. The Morgan fingerprint density at radius 2 is 1.93 bits per heavy atom. The summed E-state index contributed by atoms with van der Waals surface area (Å²) in [6.45, 7) is 5.48. The lowest BCUT2D eigenvalue weighted by Gasteiger charge is -2.26. The minimum atomic E-state index is 0.721. The van der Waals surface area contributed by atoms with E-state index in [4.69, 9.17) is 4.74 Å². The molecule has 2 N–H and O–H groups in total. The predicted octanol–water partition coefficient (Wildman–Crippen LogP) is 1.14. The third-order valence-corrected chi connectivity index (χ3v) is 3.58. The SMILES string of the molecule is C1CCC(CNCC2CCOCC2)NC1. The van der Waals surface area contributed by atoms with E-state index in [0.29, 0.717) is 0 Å². The van der Waals surface area contributed by atoms with Crippen LogP contribution in [0.25, 0.3) is 0 Å². The van der Waals surface area contributed by atoms with Gasteiger partial charge >= 0.3 is 0 Å². The third-order valence-electron chi connectivity index (χ3n) is 3.58. The lowest BCUT2D eigenvalue weighted by Crippen LogP contribution is -2.43. The van der Waals surface area contributed by atoms with Crippen molar-refractivity contribution in [3.63, 3.8) is 0 Å². The fourth-order valence-corrected chi connectivity index (χ4v) is 2.51. The van der Waals surface area contributed by atoms with E-state index < -0.39 is 0 Å². The Labute approximate surface area is 93.0 Å². The van der Waals surface area contributed by atoms with Gasteiger partial charge in [0, 0.05) is 25.8 Å². The molecule has 15 heavy (non-hydrogen) atoms. The minimum Gasteiger partial charge on any atom is -0.381 e. The first-order chi connectivity index (χ1) is 7.45. The molecular weight excluding hydrogens is 188 g/mol. The molecule has 0 radical (unpaired) electrons. The Kier molecular flexibility index (Phi) is 4.90. The van der Waals surface area contributed by atoms with Crippen LogP contribution in [0.1, 0.15) is 32.1 Å². The Balaban J connectivity index is 1.53. The molecule has 2 aliphatic rings. The van der Waals surface area contributed by atoms with Gasteiger partial charge in [-0.05, 0) is 44.7 Å². The molecule has 0 aromatic carbocycles. The highest BCUT2D eigenvalue weighted by Crippen LogP contribution is 2.13. The van der Waals surface area contributed by atoms with E-state index in [9.17, 15) is 0 Å². The van der Waals surface area contributed by atoms with E-state index in [1.54, 1.807) is 0 Å². The topological polar surface area (TPSA) is 33.3 Å². The van der Waals surface area contributed by atoms with E-state index in [1.807, 2.05) is 0 Å². The van der Waals surface area contributed by atoms with Crippen LogP contribution in [0.4, 0.5) is 0 Å². The summed E-state index contributed by atoms with van der Waals surface area (Å²) in [5.41, 5.74) is 0. The fraction of sp³-hybridized carbons (Fsp3) is 1.00. The monoisotopic (exact) mass is 212 g/mol. The van der Waals surface area contributed by atoms with Crippen molar-refractivity contribution in [3.8, 4) is 0 Å². The maximum Gasteiger partial charge on any atom is 0.0469 e. The smallest absolute Gasteiger partial charge is 0.0469 e. The highest BCUT2D eigenvalue weighted by atomic mass is 16.5. The van der Waals surface area contributed by atoms with E-state index in [2.05, 4.69) is 10.6 Å². The fourth-order valence-electron chi connectivity index (χ4n) is 2.51.